The number of nitrogens with one attached hydrogen (secondary N) is 1. The van der Waals surface area contributed by atoms with Crippen molar-refractivity contribution in [3.8, 4) is 0 Å². The minimum atomic E-state index is 0.367. The predicted molar refractivity (Wildman–Crippen MR) is 75.5 cm³/mol. The Kier molecular flexibility index (Phi) is 3.75. The highest BCUT2D eigenvalue weighted by Gasteiger charge is 2.28. The molecular formula is C13H19ClN4O. The molecule has 19 heavy (non-hydrogen) atoms. The quantitative estimate of drug-likeness (QED) is 0.830. The number of halogens is 1. The molecule has 2 fully saturated rings. The van der Waals surface area contributed by atoms with Crippen LogP contribution in [0.4, 0.5) is 11.5 Å². The highest BCUT2D eigenvalue weighted by atomic mass is 35.5. The monoisotopic (exact) mass is 282 g/mol. The van der Waals surface area contributed by atoms with E-state index in [0.29, 0.717) is 28.5 Å². The molecule has 1 aliphatic heterocycles. The van der Waals surface area contributed by atoms with E-state index in [-0.39, 0.29) is 0 Å². The van der Waals surface area contributed by atoms with Gasteiger partial charge in [0.15, 0.2) is 11.0 Å². The standard InChI is InChI=1S/C13H19ClN4O/c14-11-10(15)13(18-12(17-11)9-1-2-9)16-7-8-3-5-19-6-4-8/h8-9H,1-7,15H2,(H,16,17,18). The van der Waals surface area contributed by atoms with Crippen molar-refractivity contribution in [1.82, 2.24) is 9.97 Å². The molecule has 5 nitrogen and oxygen atoms in total. The summed E-state index contributed by atoms with van der Waals surface area (Å²) in [6.45, 7) is 2.56. The zero-order valence-corrected chi connectivity index (χ0v) is 11.6. The van der Waals surface area contributed by atoms with E-state index in [1.54, 1.807) is 0 Å². The van der Waals surface area contributed by atoms with E-state index in [1.807, 2.05) is 0 Å². The van der Waals surface area contributed by atoms with Crippen molar-refractivity contribution in [2.24, 2.45) is 5.92 Å². The van der Waals surface area contributed by atoms with Gasteiger partial charge in [-0.05, 0) is 31.6 Å². The first kappa shape index (κ1) is 12.9. The molecule has 2 aliphatic rings. The molecule has 0 radical (unpaired) electrons. The van der Waals surface area contributed by atoms with Gasteiger partial charge in [-0.3, -0.25) is 0 Å². The predicted octanol–water partition coefficient (Wildman–Crippen LogP) is 2.43. The number of nitrogen functional groups attached to an aromatic ring is 1. The van der Waals surface area contributed by atoms with Crippen LogP contribution in [0.25, 0.3) is 0 Å². The third-order valence-electron chi connectivity index (χ3n) is 3.76. The molecular weight excluding hydrogens is 264 g/mol. The van der Waals surface area contributed by atoms with Gasteiger partial charge in [0.1, 0.15) is 11.5 Å². The van der Waals surface area contributed by atoms with E-state index >= 15 is 0 Å². The molecule has 6 heteroatoms. The van der Waals surface area contributed by atoms with Crippen LogP contribution >= 0.6 is 11.6 Å². The van der Waals surface area contributed by atoms with Gasteiger partial charge >= 0.3 is 0 Å². The second-order valence-electron chi connectivity index (χ2n) is 5.35. The van der Waals surface area contributed by atoms with Gasteiger partial charge in [-0.25, -0.2) is 9.97 Å². The lowest BCUT2D eigenvalue weighted by Crippen LogP contribution is -2.23. The molecule has 3 rings (SSSR count). The number of nitrogens with two attached hydrogens (primary N) is 1. The summed E-state index contributed by atoms with van der Waals surface area (Å²) in [6, 6.07) is 0. The molecule has 0 bridgehead atoms. The van der Waals surface area contributed by atoms with Crippen molar-refractivity contribution in [1.29, 1.82) is 0 Å². The second kappa shape index (κ2) is 5.51. The molecule has 2 heterocycles. The van der Waals surface area contributed by atoms with Gasteiger partial charge in [-0.1, -0.05) is 11.6 Å². The number of hydrogen-bond donors (Lipinski definition) is 2. The zero-order chi connectivity index (χ0) is 13.2. The molecule has 1 saturated carbocycles. The average molecular weight is 283 g/mol. The van der Waals surface area contributed by atoms with Crippen LogP contribution in [0.3, 0.4) is 0 Å². The summed E-state index contributed by atoms with van der Waals surface area (Å²) in [6.07, 6.45) is 4.47. The fourth-order valence-electron chi connectivity index (χ4n) is 2.31. The van der Waals surface area contributed by atoms with Crippen molar-refractivity contribution in [2.75, 3.05) is 30.8 Å². The lowest BCUT2D eigenvalue weighted by Gasteiger charge is -2.22. The Balaban J connectivity index is 1.68. The SMILES string of the molecule is Nc1c(Cl)nc(C2CC2)nc1NCC1CCOCC1. The lowest BCUT2D eigenvalue weighted by molar-refractivity contribution is 0.0699. The van der Waals surface area contributed by atoms with E-state index < -0.39 is 0 Å². The van der Waals surface area contributed by atoms with Crippen molar-refractivity contribution < 1.29 is 4.74 Å². The van der Waals surface area contributed by atoms with E-state index in [2.05, 4.69) is 15.3 Å². The van der Waals surface area contributed by atoms with E-state index in [1.165, 1.54) is 0 Å². The molecule has 0 atom stereocenters. The Hall–Kier alpha value is -1.07. The molecule has 0 unspecified atom stereocenters. The summed E-state index contributed by atoms with van der Waals surface area (Å²) in [5.41, 5.74) is 6.40. The third-order valence-corrected chi connectivity index (χ3v) is 4.05. The van der Waals surface area contributed by atoms with Crippen LogP contribution in [0.1, 0.15) is 37.4 Å². The molecule has 0 aromatic carbocycles. The molecule has 3 N–H and O–H groups in total. The van der Waals surface area contributed by atoms with E-state index in [0.717, 1.165) is 51.3 Å². The normalized spacial score (nSPS) is 20.5. The first-order chi connectivity index (χ1) is 9.24. The highest BCUT2D eigenvalue weighted by molar-refractivity contribution is 6.32. The van der Waals surface area contributed by atoms with Crippen LogP contribution in [0.5, 0.6) is 0 Å². The van der Waals surface area contributed by atoms with Crippen molar-refractivity contribution in [2.45, 2.75) is 31.6 Å². The van der Waals surface area contributed by atoms with Crippen LogP contribution < -0.4 is 11.1 Å². The minimum Gasteiger partial charge on any atom is -0.393 e. The van der Waals surface area contributed by atoms with E-state index in [9.17, 15) is 0 Å². The number of aromatic nitrogens is 2. The van der Waals surface area contributed by atoms with Gasteiger partial charge in [-0.2, -0.15) is 0 Å². The largest absolute Gasteiger partial charge is 0.393 e. The summed E-state index contributed by atoms with van der Waals surface area (Å²) in [7, 11) is 0. The van der Waals surface area contributed by atoms with Crippen molar-refractivity contribution in [3.05, 3.63) is 11.0 Å². The minimum absolute atomic E-state index is 0.367. The summed E-state index contributed by atoms with van der Waals surface area (Å²) >= 11 is 6.08. The van der Waals surface area contributed by atoms with Gasteiger partial charge in [-0.15, -0.1) is 0 Å². The fourth-order valence-corrected chi connectivity index (χ4v) is 2.48. The number of anilines is 2. The van der Waals surface area contributed by atoms with Crippen LogP contribution in [0, 0.1) is 5.92 Å². The first-order valence-electron chi connectivity index (χ1n) is 6.88. The number of rotatable bonds is 4. The van der Waals surface area contributed by atoms with Crippen molar-refractivity contribution >= 4 is 23.1 Å². The smallest absolute Gasteiger partial charge is 0.157 e. The Morgan fingerprint density at radius 2 is 1.95 bits per heavy atom. The Labute approximate surface area is 117 Å². The molecule has 1 aromatic rings. The van der Waals surface area contributed by atoms with Gasteiger partial charge in [0.25, 0.3) is 0 Å². The number of nitrogens with zero attached hydrogens (tertiary/aromatic N) is 2. The van der Waals surface area contributed by atoms with Crippen LogP contribution in [-0.4, -0.2) is 29.7 Å². The summed E-state index contributed by atoms with van der Waals surface area (Å²) < 4.78 is 5.35. The molecule has 1 saturated heterocycles. The number of hydrogen-bond acceptors (Lipinski definition) is 5. The van der Waals surface area contributed by atoms with Crippen LogP contribution in [0.2, 0.25) is 5.15 Å². The molecule has 1 aromatic heterocycles. The molecule has 0 spiro atoms. The maximum Gasteiger partial charge on any atom is 0.157 e. The Morgan fingerprint density at radius 1 is 1.21 bits per heavy atom. The molecule has 1 aliphatic carbocycles. The topological polar surface area (TPSA) is 73.1 Å². The van der Waals surface area contributed by atoms with E-state index in [4.69, 9.17) is 22.1 Å². The molecule has 0 amide bonds. The van der Waals surface area contributed by atoms with Gasteiger partial charge in [0.2, 0.25) is 0 Å². The second-order valence-corrected chi connectivity index (χ2v) is 5.70. The Bertz CT molecular complexity index is 458. The lowest BCUT2D eigenvalue weighted by atomic mass is 10.0. The maximum atomic E-state index is 6.08. The Morgan fingerprint density at radius 3 is 2.63 bits per heavy atom. The van der Waals surface area contributed by atoms with Crippen LogP contribution in [-0.2, 0) is 4.74 Å². The van der Waals surface area contributed by atoms with Crippen LogP contribution in [0.15, 0.2) is 0 Å². The van der Waals surface area contributed by atoms with Gasteiger partial charge < -0.3 is 15.8 Å². The summed E-state index contributed by atoms with van der Waals surface area (Å²) in [4.78, 5) is 8.78. The summed E-state index contributed by atoms with van der Waals surface area (Å²) in [5, 5.41) is 3.70. The fraction of sp³-hybridized carbons (Fsp3) is 0.692. The van der Waals surface area contributed by atoms with Gasteiger partial charge in [0, 0.05) is 25.7 Å². The number of ether oxygens (including phenoxy) is 1. The van der Waals surface area contributed by atoms with Crippen molar-refractivity contribution in [3.63, 3.8) is 0 Å². The third kappa shape index (κ3) is 3.09. The maximum absolute atomic E-state index is 6.08. The average Bonchev–Trinajstić information content (AvgIpc) is 3.26. The first-order valence-corrected chi connectivity index (χ1v) is 7.26. The highest BCUT2D eigenvalue weighted by Crippen LogP contribution is 2.40. The summed E-state index contributed by atoms with van der Waals surface area (Å²) in [5.74, 6) is 2.61. The molecule has 104 valence electrons. The van der Waals surface area contributed by atoms with Gasteiger partial charge in [0.05, 0.1) is 0 Å². The zero-order valence-electron chi connectivity index (χ0n) is 10.9.